The maximum atomic E-state index is 12.4. The molecule has 2 aromatic rings. The first kappa shape index (κ1) is 19.5. The third kappa shape index (κ3) is 4.33. The molecule has 8 nitrogen and oxygen atoms in total. The maximum Gasteiger partial charge on any atom is 0.311 e. The molecule has 3 rings (SSSR count). The van der Waals surface area contributed by atoms with Gasteiger partial charge in [-0.15, -0.1) is 0 Å². The van der Waals surface area contributed by atoms with Crippen LogP contribution in [0.1, 0.15) is 22.5 Å². The zero-order chi connectivity index (χ0) is 20.1. The van der Waals surface area contributed by atoms with E-state index in [1.807, 2.05) is 0 Å². The van der Waals surface area contributed by atoms with Crippen LogP contribution in [0.2, 0.25) is 0 Å². The Labute approximate surface area is 162 Å². The average molecular weight is 387 g/mol. The molecule has 1 amide bonds. The highest BCUT2D eigenvalue weighted by Crippen LogP contribution is 2.25. The summed E-state index contributed by atoms with van der Waals surface area (Å²) in [5.74, 6) is -0.261. The molecule has 1 aliphatic heterocycles. The van der Waals surface area contributed by atoms with Crippen LogP contribution in [-0.2, 0) is 20.9 Å². The quantitative estimate of drug-likeness (QED) is 0.505. The molecule has 1 aromatic heterocycles. The first-order valence-corrected chi connectivity index (χ1v) is 8.74. The van der Waals surface area contributed by atoms with E-state index in [0.717, 1.165) is 0 Å². The van der Waals surface area contributed by atoms with Crippen LogP contribution in [0.15, 0.2) is 41.0 Å². The number of Topliss-reactive ketones (excluding diaryl/α,β-unsaturated/α-hetero) is 1. The predicted octanol–water partition coefficient (Wildman–Crippen LogP) is 2.07. The summed E-state index contributed by atoms with van der Waals surface area (Å²) < 4.78 is 20.7. The van der Waals surface area contributed by atoms with Crippen LogP contribution in [0.3, 0.4) is 0 Å². The summed E-state index contributed by atoms with van der Waals surface area (Å²) in [5.41, 5.74) is 0.261. The summed E-state index contributed by atoms with van der Waals surface area (Å²) in [6, 6.07) is 8.30. The summed E-state index contributed by atoms with van der Waals surface area (Å²) in [7, 11) is 2.93. The number of carbonyl (C=O) groups excluding carboxylic acids is 3. The zero-order valence-corrected chi connectivity index (χ0v) is 15.7. The SMILES string of the molecule is COc1ccc(OC)c(C(=O)COC(=O)[C@@H]2CC(=O)N(Cc3ccco3)C2)c1. The molecule has 1 atom stereocenters. The van der Waals surface area contributed by atoms with E-state index < -0.39 is 24.3 Å². The molecule has 1 fully saturated rings. The first-order valence-electron chi connectivity index (χ1n) is 8.74. The number of esters is 1. The van der Waals surface area contributed by atoms with Crippen molar-refractivity contribution in [1.29, 1.82) is 0 Å². The molecule has 0 radical (unpaired) electrons. The van der Waals surface area contributed by atoms with E-state index in [-0.39, 0.29) is 24.4 Å². The molecule has 0 spiro atoms. The van der Waals surface area contributed by atoms with Gasteiger partial charge in [-0.1, -0.05) is 0 Å². The largest absolute Gasteiger partial charge is 0.497 e. The molecule has 148 valence electrons. The van der Waals surface area contributed by atoms with Crippen molar-refractivity contribution >= 4 is 17.7 Å². The van der Waals surface area contributed by atoms with Gasteiger partial charge in [0.25, 0.3) is 0 Å². The number of likely N-dealkylation sites (tertiary alicyclic amines) is 1. The molecule has 0 unspecified atom stereocenters. The molecular formula is C20H21NO7. The number of benzene rings is 1. The minimum absolute atomic E-state index is 0.0518. The summed E-state index contributed by atoms with van der Waals surface area (Å²) in [5, 5.41) is 0. The highest BCUT2D eigenvalue weighted by Gasteiger charge is 2.36. The number of carbonyl (C=O) groups is 3. The monoisotopic (exact) mass is 387 g/mol. The minimum Gasteiger partial charge on any atom is -0.497 e. The van der Waals surface area contributed by atoms with Crippen molar-refractivity contribution < 1.29 is 33.0 Å². The smallest absolute Gasteiger partial charge is 0.311 e. The Morgan fingerprint density at radius 3 is 2.71 bits per heavy atom. The Hall–Kier alpha value is -3.29. The Morgan fingerprint density at radius 1 is 1.21 bits per heavy atom. The normalized spacial score (nSPS) is 16.1. The molecule has 1 aliphatic rings. The maximum absolute atomic E-state index is 12.4. The predicted molar refractivity (Wildman–Crippen MR) is 97.1 cm³/mol. The van der Waals surface area contributed by atoms with E-state index in [1.165, 1.54) is 31.4 Å². The molecule has 0 N–H and O–H groups in total. The summed E-state index contributed by atoms with van der Waals surface area (Å²) in [6.45, 7) is 0.0931. The van der Waals surface area contributed by atoms with E-state index >= 15 is 0 Å². The van der Waals surface area contributed by atoms with Crippen molar-refractivity contribution in [2.24, 2.45) is 5.92 Å². The van der Waals surface area contributed by atoms with Gasteiger partial charge in [-0.25, -0.2) is 0 Å². The highest BCUT2D eigenvalue weighted by molar-refractivity contribution is 6.01. The van der Waals surface area contributed by atoms with Gasteiger partial charge in [0.2, 0.25) is 11.7 Å². The molecule has 8 heteroatoms. The Balaban J connectivity index is 1.57. The lowest BCUT2D eigenvalue weighted by Gasteiger charge is -2.15. The topological polar surface area (TPSA) is 95.3 Å². The fraction of sp³-hybridized carbons (Fsp3) is 0.350. The Kier molecular flexibility index (Phi) is 5.98. The van der Waals surface area contributed by atoms with Gasteiger partial charge in [0.15, 0.2) is 6.61 Å². The molecule has 1 aromatic carbocycles. The summed E-state index contributed by atoms with van der Waals surface area (Å²) >= 11 is 0. The number of hydrogen-bond donors (Lipinski definition) is 0. The van der Waals surface area contributed by atoms with Gasteiger partial charge in [-0.3, -0.25) is 14.4 Å². The first-order chi connectivity index (χ1) is 13.5. The van der Waals surface area contributed by atoms with Crippen LogP contribution in [0.4, 0.5) is 0 Å². The highest BCUT2D eigenvalue weighted by atomic mass is 16.5. The van der Waals surface area contributed by atoms with Crippen LogP contribution >= 0.6 is 0 Å². The number of ether oxygens (including phenoxy) is 3. The minimum atomic E-state index is -0.609. The third-order valence-electron chi connectivity index (χ3n) is 4.53. The second-order valence-electron chi connectivity index (χ2n) is 6.35. The number of furan rings is 1. The number of rotatable bonds is 8. The van der Waals surface area contributed by atoms with Crippen molar-refractivity contribution in [2.45, 2.75) is 13.0 Å². The second kappa shape index (κ2) is 8.60. The van der Waals surface area contributed by atoms with E-state index in [9.17, 15) is 14.4 Å². The van der Waals surface area contributed by atoms with Gasteiger partial charge in [0.05, 0.1) is 38.5 Å². The van der Waals surface area contributed by atoms with Crippen LogP contribution in [0, 0.1) is 5.92 Å². The molecule has 0 bridgehead atoms. The van der Waals surface area contributed by atoms with E-state index in [1.54, 1.807) is 24.3 Å². The molecule has 28 heavy (non-hydrogen) atoms. The number of amides is 1. The summed E-state index contributed by atoms with van der Waals surface area (Å²) in [4.78, 5) is 38.4. The van der Waals surface area contributed by atoms with E-state index in [2.05, 4.69) is 0 Å². The van der Waals surface area contributed by atoms with Gasteiger partial charge in [-0.05, 0) is 30.3 Å². The van der Waals surface area contributed by atoms with Crippen molar-refractivity contribution in [1.82, 2.24) is 4.90 Å². The molecule has 0 aliphatic carbocycles. The van der Waals surface area contributed by atoms with Crippen LogP contribution < -0.4 is 9.47 Å². The third-order valence-corrected chi connectivity index (χ3v) is 4.53. The van der Waals surface area contributed by atoms with Crippen LogP contribution in [-0.4, -0.2) is 49.9 Å². The van der Waals surface area contributed by atoms with Crippen molar-refractivity contribution in [3.8, 4) is 11.5 Å². The fourth-order valence-corrected chi connectivity index (χ4v) is 3.04. The van der Waals surface area contributed by atoms with Gasteiger partial charge >= 0.3 is 5.97 Å². The lowest BCUT2D eigenvalue weighted by atomic mass is 10.1. The Bertz CT molecular complexity index is 859. The number of methoxy groups -OCH3 is 2. The van der Waals surface area contributed by atoms with Crippen molar-refractivity contribution in [3.05, 3.63) is 47.9 Å². The molecule has 2 heterocycles. The van der Waals surface area contributed by atoms with Gasteiger partial charge in [-0.2, -0.15) is 0 Å². The molecule has 0 saturated carbocycles. The zero-order valence-electron chi connectivity index (χ0n) is 15.7. The Morgan fingerprint density at radius 2 is 2.04 bits per heavy atom. The lowest BCUT2D eigenvalue weighted by Crippen LogP contribution is -2.27. The number of hydrogen-bond acceptors (Lipinski definition) is 7. The van der Waals surface area contributed by atoms with E-state index in [4.69, 9.17) is 18.6 Å². The number of ketones is 1. The molecule has 1 saturated heterocycles. The van der Waals surface area contributed by atoms with Crippen molar-refractivity contribution in [3.63, 3.8) is 0 Å². The fourth-order valence-electron chi connectivity index (χ4n) is 3.04. The van der Waals surface area contributed by atoms with Crippen LogP contribution in [0.5, 0.6) is 11.5 Å². The standard InChI is InChI=1S/C20H21NO7/c1-25-14-5-6-18(26-2)16(9-14)17(22)12-28-20(24)13-8-19(23)21(10-13)11-15-4-3-7-27-15/h3-7,9,13H,8,10-12H2,1-2H3/t13-/m1/s1. The lowest BCUT2D eigenvalue weighted by molar-refractivity contribution is -0.147. The van der Waals surface area contributed by atoms with Gasteiger partial charge in [0, 0.05) is 13.0 Å². The van der Waals surface area contributed by atoms with Crippen molar-refractivity contribution in [2.75, 3.05) is 27.4 Å². The average Bonchev–Trinajstić information content (AvgIpc) is 3.35. The molecular weight excluding hydrogens is 366 g/mol. The van der Waals surface area contributed by atoms with Gasteiger partial charge < -0.3 is 23.5 Å². The second-order valence-corrected chi connectivity index (χ2v) is 6.35. The summed E-state index contributed by atoms with van der Waals surface area (Å²) in [6.07, 6.45) is 1.58. The van der Waals surface area contributed by atoms with Crippen LogP contribution in [0.25, 0.3) is 0 Å². The number of nitrogens with zero attached hydrogens (tertiary/aromatic N) is 1. The van der Waals surface area contributed by atoms with E-state index in [0.29, 0.717) is 23.8 Å². The van der Waals surface area contributed by atoms with Gasteiger partial charge in [0.1, 0.15) is 17.3 Å².